The number of hydrogen-bond acceptors (Lipinski definition) is 5. The van der Waals surface area contributed by atoms with Crippen LogP contribution in [0, 0.1) is 5.92 Å². The number of aliphatic hydroxyl groups is 1. The van der Waals surface area contributed by atoms with Crippen molar-refractivity contribution in [3.63, 3.8) is 0 Å². The van der Waals surface area contributed by atoms with Crippen molar-refractivity contribution in [3.8, 4) is 0 Å². The summed E-state index contributed by atoms with van der Waals surface area (Å²) >= 11 is 1.36. The minimum atomic E-state index is -0.284. The van der Waals surface area contributed by atoms with E-state index in [9.17, 15) is 14.7 Å². The van der Waals surface area contributed by atoms with Crippen LogP contribution in [0.2, 0.25) is 0 Å². The lowest BCUT2D eigenvalue weighted by atomic mass is 9.76. The normalized spacial score (nSPS) is 20.9. The van der Waals surface area contributed by atoms with Crippen molar-refractivity contribution in [2.45, 2.75) is 38.3 Å². The Kier molecular flexibility index (Phi) is 5.06. The zero-order chi connectivity index (χ0) is 17.1. The van der Waals surface area contributed by atoms with Crippen molar-refractivity contribution in [2.24, 2.45) is 5.92 Å². The van der Waals surface area contributed by atoms with Gasteiger partial charge >= 0.3 is 0 Å². The number of nitrogens with zero attached hydrogens (tertiary/aromatic N) is 1. The molecule has 0 bridgehead atoms. The van der Waals surface area contributed by atoms with Gasteiger partial charge in [-0.3, -0.25) is 14.6 Å². The molecule has 1 fully saturated rings. The van der Waals surface area contributed by atoms with Crippen molar-refractivity contribution in [1.29, 1.82) is 0 Å². The molecular weight excluding hydrogens is 324 g/mol. The van der Waals surface area contributed by atoms with Gasteiger partial charge < -0.3 is 10.4 Å². The maximum absolute atomic E-state index is 12.4. The third-order valence-electron chi connectivity index (χ3n) is 4.31. The molecule has 0 unspecified atom stereocenters. The molecule has 2 heterocycles. The number of hydrogen-bond donors (Lipinski definition) is 2. The van der Waals surface area contributed by atoms with E-state index in [4.69, 9.17) is 0 Å². The number of Topliss-reactive ketones (excluding diaryl/α,β-unsaturated/α-hetero) is 1. The third kappa shape index (κ3) is 3.88. The third-order valence-corrected chi connectivity index (χ3v) is 5.39. The van der Waals surface area contributed by atoms with Gasteiger partial charge in [0.05, 0.1) is 29.1 Å². The number of ketones is 1. The second kappa shape index (κ2) is 7.23. The van der Waals surface area contributed by atoms with Crippen molar-refractivity contribution >= 4 is 23.0 Å². The number of amides is 1. The molecule has 24 heavy (non-hydrogen) atoms. The smallest absolute Gasteiger partial charge is 0.224 e. The van der Waals surface area contributed by atoms with Crippen LogP contribution in [0.1, 0.15) is 46.7 Å². The van der Waals surface area contributed by atoms with E-state index in [1.807, 2.05) is 23.6 Å². The first kappa shape index (κ1) is 16.8. The summed E-state index contributed by atoms with van der Waals surface area (Å²) < 4.78 is 0. The van der Waals surface area contributed by atoms with Crippen LogP contribution in [0.15, 0.2) is 35.8 Å². The molecule has 0 aromatic carbocycles. The Morgan fingerprint density at radius 2 is 2.21 bits per heavy atom. The molecule has 1 aliphatic rings. The Balaban J connectivity index is 1.67. The van der Waals surface area contributed by atoms with Crippen LogP contribution in [-0.4, -0.2) is 27.9 Å². The predicted octanol–water partition coefficient (Wildman–Crippen LogP) is 2.52. The number of carbonyl (C=O) groups excluding carboxylic acids is 2. The maximum atomic E-state index is 12.4. The van der Waals surface area contributed by atoms with Crippen molar-refractivity contribution in [3.05, 3.63) is 52.0 Å². The number of nitrogens with one attached hydrogen (secondary N) is 1. The first-order chi connectivity index (χ1) is 11.5. The van der Waals surface area contributed by atoms with Crippen LogP contribution in [0.4, 0.5) is 0 Å². The SMILES string of the molecule is CC(=O)c1cc(CC(=O)N[C@@H](c2ccccn2)C2CC(O)C2)cs1. The first-order valence-corrected chi connectivity index (χ1v) is 8.87. The predicted molar refractivity (Wildman–Crippen MR) is 91.9 cm³/mol. The Morgan fingerprint density at radius 1 is 1.42 bits per heavy atom. The summed E-state index contributed by atoms with van der Waals surface area (Å²) in [6.07, 6.45) is 3.01. The fraction of sp³-hybridized carbons (Fsp3) is 0.389. The fourth-order valence-corrected chi connectivity index (χ4v) is 3.77. The van der Waals surface area contributed by atoms with Gasteiger partial charge in [0.15, 0.2) is 5.78 Å². The molecular formula is C18H20N2O3S. The summed E-state index contributed by atoms with van der Waals surface area (Å²) in [5.74, 6) is 0.121. The molecule has 1 saturated carbocycles. The van der Waals surface area contributed by atoms with Crippen molar-refractivity contribution in [1.82, 2.24) is 10.3 Å². The highest BCUT2D eigenvalue weighted by molar-refractivity contribution is 7.12. The van der Waals surface area contributed by atoms with E-state index in [1.165, 1.54) is 18.3 Å². The summed E-state index contributed by atoms with van der Waals surface area (Å²) in [6.45, 7) is 1.52. The molecule has 0 spiro atoms. The molecule has 126 valence electrons. The topological polar surface area (TPSA) is 79.3 Å². The van der Waals surface area contributed by atoms with Crippen LogP contribution in [0.25, 0.3) is 0 Å². The lowest BCUT2D eigenvalue weighted by Gasteiger charge is -2.37. The van der Waals surface area contributed by atoms with Gasteiger partial charge in [0.1, 0.15) is 0 Å². The van der Waals surface area contributed by atoms with E-state index in [0.29, 0.717) is 17.7 Å². The highest BCUT2D eigenvalue weighted by atomic mass is 32.1. The molecule has 2 N–H and O–H groups in total. The molecule has 0 radical (unpaired) electrons. The fourth-order valence-electron chi connectivity index (χ4n) is 2.96. The van der Waals surface area contributed by atoms with Gasteiger partial charge in [0.25, 0.3) is 0 Å². The van der Waals surface area contributed by atoms with E-state index in [0.717, 1.165) is 11.3 Å². The van der Waals surface area contributed by atoms with Gasteiger partial charge in [0, 0.05) is 6.20 Å². The van der Waals surface area contributed by atoms with E-state index in [2.05, 4.69) is 10.3 Å². The molecule has 2 aromatic rings. The zero-order valence-electron chi connectivity index (χ0n) is 13.4. The number of carbonyl (C=O) groups is 2. The lowest BCUT2D eigenvalue weighted by Crippen LogP contribution is -2.42. The molecule has 1 atom stereocenters. The summed E-state index contributed by atoms with van der Waals surface area (Å²) in [4.78, 5) is 28.8. The largest absolute Gasteiger partial charge is 0.393 e. The Labute approximate surface area is 144 Å². The van der Waals surface area contributed by atoms with Crippen LogP contribution >= 0.6 is 11.3 Å². The van der Waals surface area contributed by atoms with E-state index >= 15 is 0 Å². The number of rotatable bonds is 6. The van der Waals surface area contributed by atoms with Crippen LogP contribution in [0.5, 0.6) is 0 Å². The zero-order valence-corrected chi connectivity index (χ0v) is 14.3. The van der Waals surface area contributed by atoms with Crippen molar-refractivity contribution < 1.29 is 14.7 Å². The van der Waals surface area contributed by atoms with Crippen LogP contribution in [0.3, 0.4) is 0 Å². The molecule has 1 aliphatic carbocycles. The molecule has 0 aliphatic heterocycles. The van der Waals surface area contributed by atoms with Gasteiger partial charge in [-0.05, 0) is 54.8 Å². The number of thiophene rings is 1. The molecule has 0 saturated heterocycles. The quantitative estimate of drug-likeness (QED) is 0.789. The Bertz CT molecular complexity index is 723. The second-order valence-electron chi connectivity index (χ2n) is 6.24. The molecule has 5 nitrogen and oxygen atoms in total. The van der Waals surface area contributed by atoms with E-state index < -0.39 is 0 Å². The number of aromatic nitrogens is 1. The molecule has 2 aromatic heterocycles. The molecule has 6 heteroatoms. The van der Waals surface area contributed by atoms with Crippen LogP contribution < -0.4 is 5.32 Å². The highest BCUT2D eigenvalue weighted by Crippen LogP contribution is 2.37. The summed E-state index contributed by atoms with van der Waals surface area (Å²) in [7, 11) is 0. The van der Waals surface area contributed by atoms with Crippen LogP contribution in [-0.2, 0) is 11.2 Å². The molecule has 1 amide bonds. The number of aliphatic hydroxyl groups excluding tert-OH is 1. The maximum Gasteiger partial charge on any atom is 0.224 e. The number of pyridine rings is 1. The Morgan fingerprint density at radius 3 is 2.79 bits per heavy atom. The average molecular weight is 344 g/mol. The summed E-state index contributed by atoms with van der Waals surface area (Å²) in [5.41, 5.74) is 1.66. The lowest BCUT2D eigenvalue weighted by molar-refractivity contribution is -0.122. The van der Waals surface area contributed by atoms with Crippen molar-refractivity contribution in [2.75, 3.05) is 0 Å². The minimum absolute atomic E-state index is 0.0153. The highest BCUT2D eigenvalue weighted by Gasteiger charge is 2.36. The Hall–Kier alpha value is -2.05. The van der Waals surface area contributed by atoms with E-state index in [1.54, 1.807) is 12.3 Å². The monoisotopic (exact) mass is 344 g/mol. The van der Waals surface area contributed by atoms with Gasteiger partial charge in [-0.15, -0.1) is 11.3 Å². The summed E-state index contributed by atoms with van der Waals surface area (Å²) in [6, 6.07) is 7.22. The standard InChI is InChI=1S/C18H20N2O3S/c1-11(21)16-6-12(10-24-16)7-17(23)20-18(13-8-14(22)9-13)15-4-2-3-5-19-15/h2-6,10,13-14,18,22H,7-9H2,1H3,(H,20,23)/t13?,14?,18-/m1/s1. The first-order valence-electron chi connectivity index (χ1n) is 7.99. The second-order valence-corrected chi connectivity index (χ2v) is 7.15. The molecule has 3 rings (SSSR count). The summed E-state index contributed by atoms with van der Waals surface area (Å²) in [5, 5.41) is 14.5. The van der Waals surface area contributed by atoms with Gasteiger partial charge in [-0.1, -0.05) is 6.07 Å². The van der Waals surface area contributed by atoms with Gasteiger partial charge in [-0.25, -0.2) is 0 Å². The van der Waals surface area contributed by atoms with E-state index in [-0.39, 0.29) is 36.2 Å². The average Bonchev–Trinajstić information content (AvgIpc) is 2.99. The van der Waals surface area contributed by atoms with Gasteiger partial charge in [-0.2, -0.15) is 0 Å². The van der Waals surface area contributed by atoms with Gasteiger partial charge in [0.2, 0.25) is 5.91 Å². The minimum Gasteiger partial charge on any atom is -0.393 e.